The van der Waals surface area contributed by atoms with Gasteiger partial charge >= 0.3 is 0 Å². The molecule has 0 bridgehead atoms. The van der Waals surface area contributed by atoms with E-state index in [9.17, 15) is 0 Å². The average molecular weight is 208 g/mol. The Morgan fingerprint density at radius 2 is 2.13 bits per heavy atom. The van der Waals surface area contributed by atoms with E-state index in [0.29, 0.717) is 6.54 Å². The highest BCUT2D eigenvalue weighted by Crippen LogP contribution is 2.08. The molecule has 1 rings (SSSR count). The molecule has 0 aliphatic rings. The minimum absolute atomic E-state index is 0.448. The third kappa shape index (κ3) is 3.83. The second-order valence-corrected chi connectivity index (χ2v) is 3.70. The smallest absolute Gasteiger partial charge is 0.147 e. The van der Waals surface area contributed by atoms with E-state index in [0.717, 1.165) is 18.1 Å². The van der Waals surface area contributed by atoms with Crippen LogP contribution in [0.5, 0.6) is 0 Å². The van der Waals surface area contributed by atoms with E-state index in [1.165, 1.54) is 19.3 Å². The minimum atomic E-state index is 0.448. The Kier molecular flexibility index (Phi) is 5.04. The number of nitrogens with zero attached hydrogens (tertiary/aromatic N) is 3. The molecular weight excluding hydrogens is 188 g/mol. The standard InChI is InChI=1S/C11H20N4/c1-3-4-5-6-15(2)11-9-13-8-10(7-12)14-11/h8-9H,3-7,12H2,1-2H3. The zero-order chi connectivity index (χ0) is 11.1. The third-order valence-electron chi connectivity index (χ3n) is 2.37. The van der Waals surface area contributed by atoms with Crippen molar-refractivity contribution in [2.24, 2.45) is 5.73 Å². The van der Waals surface area contributed by atoms with Crippen LogP contribution in [0.4, 0.5) is 5.82 Å². The summed E-state index contributed by atoms with van der Waals surface area (Å²) in [7, 11) is 2.04. The van der Waals surface area contributed by atoms with Crippen LogP contribution < -0.4 is 10.6 Å². The zero-order valence-corrected chi connectivity index (χ0v) is 9.61. The minimum Gasteiger partial charge on any atom is -0.358 e. The lowest BCUT2D eigenvalue weighted by molar-refractivity contribution is 0.699. The summed E-state index contributed by atoms with van der Waals surface area (Å²) in [5.74, 6) is 0.911. The molecule has 84 valence electrons. The van der Waals surface area contributed by atoms with Crippen molar-refractivity contribution in [1.82, 2.24) is 9.97 Å². The molecule has 2 N–H and O–H groups in total. The molecule has 0 saturated carbocycles. The molecule has 0 unspecified atom stereocenters. The lowest BCUT2D eigenvalue weighted by Crippen LogP contribution is -2.20. The van der Waals surface area contributed by atoms with Crippen molar-refractivity contribution in [3.8, 4) is 0 Å². The molecule has 0 saturated heterocycles. The van der Waals surface area contributed by atoms with Gasteiger partial charge < -0.3 is 10.6 Å². The van der Waals surface area contributed by atoms with Crippen molar-refractivity contribution in [2.75, 3.05) is 18.5 Å². The van der Waals surface area contributed by atoms with Gasteiger partial charge in [-0.3, -0.25) is 4.98 Å². The monoisotopic (exact) mass is 208 g/mol. The van der Waals surface area contributed by atoms with E-state index in [4.69, 9.17) is 5.73 Å². The van der Waals surface area contributed by atoms with Crippen LogP contribution in [0, 0.1) is 0 Å². The summed E-state index contributed by atoms with van der Waals surface area (Å²) in [5.41, 5.74) is 6.36. The van der Waals surface area contributed by atoms with Crippen molar-refractivity contribution in [2.45, 2.75) is 32.7 Å². The highest BCUT2D eigenvalue weighted by Gasteiger charge is 2.02. The fraction of sp³-hybridized carbons (Fsp3) is 0.636. The number of hydrogen-bond acceptors (Lipinski definition) is 4. The zero-order valence-electron chi connectivity index (χ0n) is 9.61. The number of nitrogens with two attached hydrogens (primary N) is 1. The highest BCUT2D eigenvalue weighted by molar-refractivity contribution is 5.34. The molecule has 0 aromatic carbocycles. The Hall–Kier alpha value is -1.16. The van der Waals surface area contributed by atoms with Gasteiger partial charge in [0.1, 0.15) is 5.82 Å². The van der Waals surface area contributed by atoms with Gasteiger partial charge in [0.15, 0.2) is 0 Å². The quantitative estimate of drug-likeness (QED) is 0.721. The Labute approximate surface area is 91.5 Å². The molecule has 1 aromatic heterocycles. The molecule has 15 heavy (non-hydrogen) atoms. The first kappa shape index (κ1) is 11.9. The summed E-state index contributed by atoms with van der Waals surface area (Å²) in [6.45, 7) is 3.68. The summed E-state index contributed by atoms with van der Waals surface area (Å²) in [4.78, 5) is 10.7. The molecule has 0 atom stereocenters. The van der Waals surface area contributed by atoms with Gasteiger partial charge in [0.25, 0.3) is 0 Å². The summed E-state index contributed by atoms with van der Waals surface area (Å²) < 4.78 is 0. The fourth-order valence-electron chi connectivity index (χ4n) is 1.39. The predicted octanol–water partition coefficient (Wildman–Crippen LogP) is 1.56. The summed E-state index contributed by atoms with van der Waals surface area (Å²) in [5, 5.41) is 0. The highest BCUT2D eigenvalue weighted by atomic mass is 15.2. The maximum atomic E-state index is 5.52. The van der Waals surface area contributed by atoms with E-state index in [2.05, 4.69) is 21.8 Å². The number of unbranched alkanes of at least 4 members (excludes halogenated alkanes) is 2. The summed E-state index contributed by atoms with van der Waals surface area (Å²) in [6, 6.07) is 0. The molecule has 0 amide bonds. The van der Waals surface area contributed by atoms with Crippen molar-refractivity contribution in [3.63, 3.8) is 0 Å². The normalized spacial score (nSPS) is 10.3. The van der Waals surface area contributed by atoms with Crippen molar-refractivity contribution < 1.29 is 0 Å². The van der Waals surface area contributed by atoms with E-state index in [1.807, 2.05) is 7.05 Å². The summed E-state index contributed by atoms with van der Waals surface area (Å²) >= 11 is 0. The molecule has 0 spiro atoms. The largest absolute Gasteiger partial charge is 0.358 e. The van der Waals surface area contributed by atoms with E-state index >= 15 is 0 Å². The molecule has 0 fully saturated rings. The maximum Gasteiger partial charge on any atom is 0.147 e. The fourth-order valence-corrected chi connectivity index (χ4v) is 1.39. The van der Waals surface area contributed by atoms with E-state index in [-0.39, 0.29) is 0 Å². The van der Waals surface area contributed by atoms with Crippen molar-refractivity contribution in [1.29, 1.82) is 0 Å². The van der Waals surface area contributed by atoms with Gasteiger partial charge in [-0.1, -0.05) is 19.8 Å². The van der Waals surface area contributed by atoms with Crippen LogP contribution in [0.15, 0.2) is 12.4 Å². The lowest BCUT2D eigenvalue weighted by Gasteiger charge is -2.17. The van der Waals surface area contributed by atoms with Gasteiger partial charge in [-0.15, -0.1) is 0 Å². The average Bonchev–Trinajstić information content (AvgIpc) is 2.29. The number of rotatable bonds is 6. The van der Waals surface area contributed by atoms with Crippen LogP contribution in [0.25, 0.3) is 0 Å². The SMILES string of the molecule is CCCCCN(C)c1cncc(CN)n1. The van der Waals surface area contributed by atoms with Gasteiger partial charge in [-0.05, 0) is 6.42 Å². The third-order valence-corrected chi connectivity index (χ3v) is 2.37. The maximum absolute atomic E-state index is 5.52. The number of aromatic nitrogens is 2. The predicted molar refractivity (Wildman–Crippen MR) is 62.7 cm³/mol. The molecule has 1 heterocycles. The van der Waals surface area contributed by atoms with E-state index in [1.54, 1.807) is 12.4 Å². The van der Waals surface area contributed by atoms with Crippen LogP contribution in [0.2, 0.25) is 0 Å². The van der Waals surface area contributed by atoms with Crippen LogP contribution >= 0.6 is 0 Å². The topological polar surface area (TPSA) is 55.0 Å². The molecule has 0 radical (unpaired) electrons. The Bertz CT molecular complexity index is 288. The Morgan fingerprint density at radius 3 is 2.80 bits per heavy atom. The summed E-state index contributed by atoms with van der Waals surface area (Å²) in [6.07, 6.45) is 7.19. The first-order chi connectivity index (χ1) is 7.27. The van der Waals surface area contributed by atoms with Crippen LogP contribution in [0.1, 0.15) is 31.9 Å². The van der Waals surface area contributed by atoms with Crippen molar-refractivity contribution >= 4 is 5.82 Å². The first-order valence-corrected chi connectivity index (χ1v) is 5.50. The Morgan fingerprint density at radius 1 is 1.33 bits per heavy atom. The van der Waals surface area contributed by atoms with Gasteiger partial charge in [0.2, 0.25) is 0 Å². The Balaban J connectivity index is 2.52. The molecule has 4 heteroatoms. The van der Waals surface area contributed by atoms with Gasteiger partial charge in [-0.2, -0.15) is 0 Å². The van der Waals surface area contributed by atoms with Gasteiger partial charge in [0.05, 0.1) is 11.9 Å². The molecular formula is C11H20N4. The molecule has 0 aliphatic heterocycles. The number of anilines is 1. The van der Waals surface area contributed by atoms with Gasteiger partial charge in [-0.25, -0.2) is 4.98 Å². The van der Waals surface area contributed by atoms with E-state index < -0.39 is 0 Å². The van der Waals surface area contributed by atoms with Gasteiger partial charge in [0, 0.05) is 26.3 Å². The second kappa shape index (κ2) is 6.35. The first-order valence-electron chi connectivity index (χ1n) is 5.50. The molecule has 4 nitrogen and oxygen atoms in total. The molecule has 1 aromatic rings. The lowest BCUT2D eigenvalue weighted by atomic mass is 10.2. The van der Waals surface area contributed by atoms with Crippen LogP contribution in [0.3, 0.4) is 0 Å². The van der Waals surface area contributed by atoms with Crippen LogP contribution in [-0.4, -0.2) is 23.6 Å². The second-order valence-electron chi connectivity index (χ2n) is 3.70. The van der Waals surface area contributed by atoms with Crippen molar-refractivity contribution in [3.05, 3.63) is 18.1 Å². The molecule has 0 aliphatic carbocycles. The number of hydrogen-bond donors (Lipinski definition) is 1. The van der Waals surface area contributed by atoms with Crippen LogP contribution in [-0.2, 0) is 6.54 Å².